The molecular formula is C42H58F4N6O9S. The van der Waals surface area contributed by atoms with E-state index in [0.717, 1.165) is 4.90 Å². The smallest absolute Gasteiger partial charge is 0.408 e. The summed E-state index contributed by atoms with van der Waals surface area (Å²) >= 11 is 0. The number of alkyl carbamates (subject to hydrolysis) is 1. The monoisotopic (exact) mass is 898 g/mol. The van der Waals surface area contributed by atoms with Gasteiger partial charge < -0.3 is 29.7 Å². The normalized spacial score (nSPS) is 28.9. The molecule has 2 bridgehead atoms. The Morgan fingerprint density at radius 2 is 1.68 bits per heavy atom. The minimum absolute atomic E-state index is 0.0428. The molecule has 6 rings (SSSR count). The molecule has 6 atom stereocenters. The van der Waals surface area contributed by atoms with E-state index in [1.54, 1.807) is 47.6 Å². The van der Waals surface area contributed by atoms with E-state index < -0.39 is 128 Å². The maximum Gasteiger partial charge on any atom is 0.408 e. The van der Waals surface area contributed by atoms with Gasteiger partial charge in [-0.15, -0.1) is 0 Å². The fourth-order valence-electron chi connectivity index (χ4n) is 8.42. The zero-order valence-corrected chi connectivity index (χ0v) is 37.2. The first-order valence-electron chi connectivity index (χ1n) is 21.2. The molecule has 20 heteroatoms. The standard InChI is InChI=1S/C42H58F4N6O9S/c1-9-24-28-22-52(29(24)33(53)50-41(21-25(41)32(43)44)36(55)51-62(57,58)40(7)18-19-40)35(54)31(38(2,3)4)49-37(56)61-39(5,6)16-12-10-11-13-17-42(45,46)30-34(60-28)48-27-20-23(59-8)14-15-26(27)47-30/h14-15,20,24-25,28-29,31-32H,9-13,16-19,21-22H2,1-8H3,(H,49,56)(H,50,53)(H,51,55)/t24-,25+,28+,29+,31-,41-/m1/s1. The van der Waals surface area contributed by atoms with Crippen LogP contribution in [0.5, 0.6) is 11.6 Å². The molecule has 3 heterocycles. The number of carbonyl (C=O) groups is 4. The Morgan fingerprint density at radius 1 is 1.02 bits per heavy atom. The van der Waals surface area contributed by atoms with E-state index in [0.29, 0.717) is 31.4 Å². The molecule has 0 unspecified atom stereocenters. The molecule has 3 fully saturated rings. The minimum atomic E-state index is -4.32. The maximum absolute atomic E-state index is 16.4. The average molecular weight is 899 g/mol. The number of rotatable bonds is 8. The lowest BCUT2D eigenvalue weighted by atomic mass is 9.85. The molecule has 0 radical (unpaired) electrons. The Bertz CT molecular complexity index is 2180. The quantitative estimate of drug-likeness (QED) is 0.258. The van der Waals surface area contributed by atoms with Crippen LogP contribution in [0.25, 0.3) is 11.0 Å². The van der Waals surface area contributed by atoms with Gasteiger partial charge in [0.15, 0.2) is 5.69 Å². The lowest BCUT2D eigenvalue weighted by Crippen LogP contribution is -2.61. The van der Waals surface area contributed by atoms with Crippen LogP contribution < -0.4 is 24.8 Å². The van der Waals surface area contributed by atoms with Crippen molar-refractivity contribution >= 4 is 44.9 Å². The van der Waals surface area contributed by atoms with Crippen molar-refractivity contribution < 1.29 is 59.4 Å². The molecule has 344 valence electrons. The molecule has 15 nitrogen and oxygen atoms in total. The van der Waals surface area contributed by atoms with Crippen LogP contribution in [-0.4, -0.2) is 101 Å². The third-order valence-electron chi connectivity index (χ3n) is 12.7. The molecule has 2 saturated carbocycles. The van der Waals surface area contributed by atoms with E-state index in [4.69, 9.17) is 14.2 Å². The summed E-state index contributed by atoms with van der Waals surface area (Å²) in [5.74, 6) is -9.85. The molecule has 2 aliphatic carbocycles. The SMILES string of the molecule is CC[C@@H]1[C@@H]2CN(C(=O)[C@H](C(C)(C)C)NC(=O)OC(C)(C)CCCCCCC(F)(F)c3nc4ccc(OC)cc4nc3O2)[C@@H]1C(=O)N[C@]1(C(=O)NS(=O)(=O)C2(C)CC2)C[C@H]1C(F)F. The molecule has 1 aromatic heterocycles. The molecule has 1 aromatic carbocycles. The largest absolute Gasteiger partial charge is 0.497 e. The van der Waals surface area contributed by atoms with Crippen LogP contribution in [0, 0.1) is 17.3 Å². The molecule has 2 aromatic rings. The van der Waals surface area contributed by atoms with Gasteiger partial charge in [0.25, 0.3) is 11.8 Å². The van der Waals surface area contributed by atoms with Crippen molar-refractivity contribution in [3.63, 3.8) is 0 Å². The number of hydrogen-bond donors (Lipinski definition) is 3. The van der Waals surface area contributed by atoms with E-state index in [1.807, 2.05) is 4.72 Å². The number of ether oxygens (including phenoxy) is 3. The van der Waals surface area contributed by atoms with Gasteiger partial charge in [-0.2, -0.15) is 8.78 Å². The highest BCUT2D eigenvalue weighted by atomic mass is 32.2. The van der Waals surface area contributed by atoms with E-state index in [-0.39, 0.29) is 36.7 Å². The van der Waals surface area contributed by atoms with Crippen LogP contribution in [0.1, 0.15) is 118 Å². The van der Waals surface area contributed by atoms with Crippen molar-refractivity contribution in [1.29, 1.82) is 0 Å². The maximum atomic E-state index is 16.4. The average Bonchev–Trinajstić information content (AvgIpc) is 4.08. The first-order chi connectivity index (χ1) is 28.8. The summed E-state index contributed by atoms with van der Waals surface area (Å²) in [7, 11) is -2.90. The van der Waals surface area contributed by atoms with Gasteiger partial charge >= 0.3 is 6.09 Å². The number of sulfonamides is 1. The second-order valence-electron chi connectivity index (χ2n) is 19.1. The van der Waals surface area contributed by atoms with Crippen LogP contribution in [0.15, 0.2) is 18.2 Å². The predicted octanol–water partition coefficient (Wildman–Crippen LogP) is 6.13. The van der Waals surface area contributed by atoms with Crippen molar-refractivity contribution in [3.8, 4) is 11.6 Å². The van der Waals surface area contributed by atoms with E-state index in [2.05, 4.69) is 20.6 Å². The molecule has 4 aliphatic rings. The Kier molecular flexibility index (Phi) is 12.8. The number of nitrogens with one attached hydrogen (secondary N) is 3. The number of cyclic esters (lactones) is 1. The second-order valence-corrected chi connectivity index (χ2v) is 21.3. The Hall–Kier alpha value is -4.49. The number of aromatic nitrogens is 2. The third-order valence-corrected chi connectivity index (χ3v) is 14.9. The van der Waals surface area contributed by atoms with Gasteiger partial charge in [0, 0.05) is 18.4 Å². The van der Waals surface area contributed by atoms with Crippen molar-refractivity contribution in [2.75, 3.05) is 13.7 Å². The first-order valence-corrected chi connectivity index (χ1v) is 22.6. The number of benzene rings is 1. The highest BCUT2D eigenvalue weighted by molar-refractivity contribution is 7.91. The van der Waals surface area contributed by atoms with Crippen molar-refractivity contribution in [1.82, 2.24) is 30.2 Å². The number of methoxy groups -OCH3 is 1. The van der Waals surface area contributed by atoms with E-state index in [1.165, 1.54) is 26.2 Å². The number of hydrogen-bond acceptors (Lipinski definition) is 11. The van der Waals surface area contributed by atoms with Gasteiger partial charge in [-0.05, 0) is 83.3 Å². The summed E-state index contributed by atoms with van der Waals surface area (Å²) in [6.07, 6.45) is -4.01. The van der Waals surface area contributed by atoms with Gasteiger partial charge in [-0.3, -0.25) is 19.1 Å². The predicted molar refractivity (Wildman–Crippen MR) is 218 cm³/mol. The summed E-state index contributed by atoms with van der Waals surface area (Å²) in [4.78, 5) is 66.8. The van der Waals surface area contributed by atoms with Crippen LogP contribution in [0.2, 0.25) is 0 Å². The van der Waals surface area contributed by atoms with Crippen molar-refractivity contribution in [2.45, 2.75) is 159 Å². The number of halogens is 4. The fraction of sp³-hybridized carbons (Fsp3) is 0.714. The lowest BCUT2D eigenvalue weighted by Gasteiger charge is -2.37. The summed E-state index contributed by atoms with van der Waals surface area (Å²) in [5.41, 5.74) is -4.90. The van der Waals surface area contributed by atoms with Crippen LogP contribution in [0.4, 0.5) is 22.4 Å². The number of fused-ring (bicyclic) bond motifs is 4. The van der Waals surface area contributed by atoms with Gasteiger partial charge in [0.05, 0.1) is 35.4 Å². The van der Waals surface area contributed by atoms with Crippen LogP contribution in [0.3, 0.4) is 0 Å². The minimum Gasteiger partial charge on any atom is -0.497 e. The number of amides is 4. The lowest BCUT2D eigenvalue weighted by molar-refractivity contribution is -0.144. The zero-order valence-electron chi connectivity index (χ0n) is 36.4. The summed E-state index contributed by atoms with van der Waals surface area (Å²) in [5, 5.41) is 5.08. The highest BCUT2D eigenvalue weighted by Gasteiger charge is 2.68. The number of alkyl halides is 4. The van der Waals surface area contributed by atoms with Crippen molar-refractivity contribution in [2.24, 2.45) is 17.3 Å². The molecule has 3 N–H and O–H groups in total. The summed E-state index contributed by atoms with van der Waals surface area (Å²) < 4.78 is 106. The van der Waals surface area contributed by atoms with Crippen molar-refractivity contribution in [3.05, 3.63) is 23.9 Å². The molecular weight excluding hydrogens is 841 g/mol. The molecule has 62 heavy (non-hydrogen) atoms. The van der Waals surface area contributed by atoms with Gasteiger partial charge in [-0.25, -0.2) is 32.0 Å². The summed E-state index contributed by atoms with van der Waals surface area (Å²) in [6, 6.07) is 1.53. The van der Waals surface area contributed by atoms with E-state index >= 15 is 8.78 Å². The first kappa shape index (κ1) is 47.0. The topological polar surface area (TPSA) is 195 Å². The second kappa shape index (κ2) is 16.9. The number of carbonyl (C=O) groups excluding carboxylic acids is 4. The Labute approximate surface area is 359 Å². The Balaban J connectivity index is 1.45. The van der Waals surface area contributed by atoms with Gasteiger partial charge in [0.2, 0.25) is 34.1 Å². The van der Waals surface area contributed by atoms with Gasteiger partial charge in [0.1, 0.15) is 35.1 Å². The van der Waals surface area contributed by atoms with Gasteiger partial charge in [-0.1, -0.05) is 40.5 Å². The fourth-order valence-corrected chi connectivity index (χ4v) is 9.73. The molecule has 2 aliphatic heterocycles. The highest BCUT2D eigenvalue weighted by Crippen LogP contribution is 2.50. The molecule has 1 saturated heterocycles. The zero-order chi connectivity index (χ0) is 45.8. The van der Waals surface area contributed by atoms with E-state index in [9.17, 15) is 36.4 Å². The molecule has 0 spiro atoms. The third kappa shape index (κ3) is 9.54. The number of nitrogens with zero attached hydrogens (tertiary/aromatic N) is 3. The van der Waals surface area contributed by atoms with Crippen LogP contribution >= 0.6 is 0 Å². The van der Waals surface area contributed by atoms with Crippen LogP contribution in [-0.2, 0) is 35.1 Å². The summed E-state index contributed by atoms with van der Waals surface area (Å²) in [6.45, 7) is 11.0. The molecule has 4 amide bonds. The Morgan fingerprint density at radius 3 is 2.26 bits per heavy atom.